The monoisotopic (exact) mass is 379 g/mol. The van der Waals surface area contributed by atoms with Crippen LogP contribution in [0.1, 0.15) is 18.9 Å². The fourth-order valence-corrected chi connectivity index (χ4v) is 3.25. The summed E-state index contributed by atoms with van der Waals surface area (Å²) in [5.41, 5.74) is 1.47. The maximum absolute atomic E-state index is 13.0. The van der Waals surface area contributed by atoms with Crippen LogP contribution in [0.15, 0.2) is 40.9 Å². The maximum Gasteiger partial charge on any atom is 0.412 e. The second-order valence-electron chi connectivity index (χ2n) is 5.47. The highest BCUT2D eigenvalue weighted by Crippen LogP contribution is 2.42. The van der Waals surface area contributed by atoms with Crippen LogP contribution in [0.25, 0.3) is 0 Å². The van der Waals surface area contributed by atoms with Crippen LogP contribution in [0, 0.1) is 5.82 Å². The fourth-order valence-electron chi connectivity index (χ4n) is 2.80. The summed E-state index contributed by atoms with van der Waals surface area (Å²) in [5.74, 6) is 0.741. The van der Waals surface area contributed by atoms with Crippen LogP contribution in [-0.4, -0.2) is 17.2 Å². The van der Waals surface area contributed by atoms with Crippen LogP contribution in [0.2, 0.25) is 0 Å². The Labute approximate surface area is 141 Å². The SMILES string of the molecule is C[C@H]1CCc2c(ccc(Br)c2Oc2ccc(F)cc2)N1C(=O)O. The molecule has 0 radical (unpaired) electrons. The maximum atomic E-state index is 13.0. The van der Waals surface area contributed by atoms with E-state index in [4.69, 9.17) is 4.74 Å². The second kappa shape index (κ2) is 6.20. The Morgan fingerprint density at radius 1 is 1.30 bits per heavy atom. The van der Waals surface area contributed by atoms with Gasteiger partial charge in [-0.25, -0.2) is 9.18 Å². The van der Waals surface area contributed by atoms with Crippen molar-refractivity contribution >= 4 is 27.7 Å². The lowest BCUT2D eigenvalue weighted by Crippen LogP contribution is -2.41. The molecule has 1 amide bonds. The molecule has 4 nitrogen and oxygen atoms in total. The van der Waals surface area contributed by atoms with Gasteiger partial charge >= 0.3 is 6.09 Å². The van der Waals surface area contributed by atoms with Gasteiger partial charge in [0.15, 0.2) is 0 Å². The van der Waals surface area contributed by atoms with Gasteiger partial charge in [-0.1, -0.05) is 0 Å². The molecule has 0 fully saturated rings. The molecule has 0 saturated heterocycles. The number of fused-ring (bicyclic) bond motifs is 1. The van der Waals surface area contributed by atoms with Crippen LogP contribution in [0.3, 0.4) is 0 Å². The summed E-state index contributed by atoms with van der Waals surface area (Å²) in [6.45, 7) is 1.89. The Balaban J connectivity index is 2.04. The average molecular weight is 380 g/mol. The number of halogens is 2. The van der Waals surface area contributed by atoms with E-state index < -0.39 is 6.09 Å². The Morgan fingerprint density at radius 2 is 2.00 bits per heavy atom. The highest BCUT2D eigenvalue weighted by Gasteiger charge is 2.30. The Hall–Kier alpha value is -2.08. The van der Waals surface area contributed by atoms with Crippen molar-refractivity contribution < 1.29 is 19.0 Å². The van der Waals surface area contributed by atoms with E-state index >= 15 is 0 Å². The number of carboxylic acid groups (broad SMARTS) is 1. The van der Waals surface area contributed by atoms with Crippen molar-refractivity contribution in [3.8, 4) is 11.5 Å². The zero-order valence-corrected chi connectivity index (χ0v) is 14.0. The highest BCUT2D eigenvalue weighted by molar-refractivity contribution is 9.10. The first-order valence-electron chi connectivity index (χ1n) is 7.24. The van der Waals surface area contributed by atoms with Gasteiger partial charge < -0.3 is 9.84 Å². The molecular formula is C17H15BrFNO3. The number of carbonyl (C=O) groups is 1. The minimum Gasteiger partial charge on any atom is -0.465 e. The lowest BCUT2D eigenvalue weighted by atomic mass is 9.96. The number of nitrogens with zero attached hydrogens (tertiary/aromatic N) is 1. The molecule has 1 atom stereocenters. The van der Waals surface area contributed by atoms with E-state index in [1.165, 1.54) is 17.0 Å². The van der Waals surface area contributed by atoms with Gasteiger partial charge in [-0.05, 0) is 72.1 Å². The summed E-state index contributed by atoms with van der Waals surface area (Å²) in [5, 5.41) is 9.47. The van der Waals surface area contributed by atoms with Crippen LogP contribution in [0.4, 0.5) is 14.9 Å². The van der Waals surface area contributed by atoms with Gasteiger partial charge in [-0.15, -0.1) is 0 Å². The normalized spacial score (nSPS) is 16.8. The number of hydrogen-bond donors (Lipinski definition) is 1. The first-order chi connectivity index (χ1) is 11.0. The molecule has 0 unspecified atom stereocenters. The van der Waals surface area contributed by atoms with Crippen molar-refractivity contribution in [3.63, 3.8) is 0 Å². The molecule has 0 saturated carbocycles. The Bertz CT molecular complexity index is 748. The van der Waals surface area contributed by atoms with Gasteiger partial charge in [0.05, 0.1) is 10.2 Å². The van der Waals surface area contributed by atoms with Crippen molar-refractivity contribution in [2.45, 2.75) is 25.8 Å². The molecule has 0 spiro atoms. The van der Waals surface area contributed by atoms with Crippen molar-refractivity contribution in [2.75, 3.05) is 4.90 Å². The molecule has 2 aromatic carbocycles. The molecule has 3 rings (SSSR count). The van der Waals surface area contributed by atoms with E-state index in [0.29, 0.717) is 17.2 Å². The minimum atomic E-state index is -0.978. The first kappa shape index (κ1) is 15.8. The van der Waals surface area contributed by atoms with Gasteiger partial charge in [0.25, 0.3) is 0 Å². The Morgan fingerprint density at radius 3 is 2.65 bits per heavy atom. The highest BCUT2D eigenvalue weighted by atomic mass is 79.9. The molecule has 1 aliphatic heterocycles. The molecular weight excluding hydrogens is 365 g/mol. The molecule has 23 heavy (non-hydrogen) atoms. The van der Waals surface area contributed by atoms with E-state index in [2.05, 4.69) is 15.9 Å². The standard InChI is InChI=1S/C17H15BrFNO3/c1-10-2-7-13-15(20(10)17(21)22)9-8-14(18)16(13)23-12-5-3-11(19)4-6-12/h3-6,8-10H,2,7H2,1H3,(H,21,22)/t10-/m0/s1. The van der Waals surface area contributed by atoms with Gasteiger partial charge in [0, 0.05) is 11.6 Å². The molecule has 0 aliphatic carbocycles. The zero-order valence-electron chi connectivity index (χ0n) is 12.4. The van der Waals surface area contributed by atoms with Crippen LogP contribution in [0.5, 0.6) is 11.5 Å². The molecule has 1 heterocycles. The van der Waals surface area contributed by atoms with E-state index in [0.717, 1.165) is 22.9 Å². The molecule has 0 bridgehead atoms. The quantitative estimate of drug-likeness (QED) is 0.779. The smallest absolute Gasteiger partial charge is 0.412 e. The molecule has 120 valence electrons. The predicted molar refractivity (Wildman–Crippen MR) is 88.9 cm³/mol. The van der Waals surface area contributed by atoms with Gasteiger partial charge in [0.1, 0.15) is 17.3 Å². The van der Waals surface area contributed by atoms with Gasteiger partial charge in [-0.2, -0.15) is 0 Å². The summed E-state index contributed by atoms with van der Waals surface area (Å²) in [6.07, 6.45) is 0.458. The summed E-state index contributed by atoms with van der Waals surface area (Å²) in [6, 6.07) is 9.20. The fraction of sp³-hybridized carbons (Fsp3) is 0.235. The number of rotatable bonds is 2. The molecule has 6 heteroatoms. The first-order valence-corrected chi connectivity index (χ1v) is 8.03. The number of hydrogen-bond acceptors (Lipinski definition) is 2. The number of benzene rings is 2. The van der Waals surface area contributed by atoms with Crippen molar-refractivity contribution in [1.29, 1.82) is 0 Å². The lowest BCUT2D eigenvalue weighted by Gasteiger charge is -2.34. The van der Waals surface area contributed by atoms with Crippen molar-refractivity contribution in [1.82, 2.24) is 0 Å². The van der Waals surface area contributed by atoms with Gasteiger partial charge in [-0.3, -0.25) is 4.90 Å². The van der Waals surface area contributed by atoms with Crippen molar-refractivity contribution in [2.24, 2.45) is 0 Å². The van der Waals surface area contributed by atoms with Crippen LogP contribution < -0.4 is 9.64 Å². The minimum absolute atomic E-state index is 0.0835. The largest absolute Gasteiger partial charge is 0.465 e. The summed E-state index contributed by atoms with van der Waals surface area (Å²) in [4.78, 5) is 12.9. The third kappa shape index (κ3) is 3.03. The van der Waals surface area contributed by atoms with E-state index in [9.17, 15) is 14.3 Å². The summed E-state index contributed by atoms with van der Waals surface area (Å²) in [7, 11) is 0. The topological polar surface area (TPSA) is 49.8 Å². The third-order valence-corrected chi connectivity index (χ3v) is 4.56. The molecule has 2 aromatic rings. The second-order valence-corrected chi connectivity index (χ2v) is 6.32. The van der Waals surface area contributed by atoms with E-state index in [1.807, 2.05) is 6.92 Å². The average Bonchev–Trinajstić information content (AvgIpc) is 2.51. The molecule has 0 aromatic heterocycles. The lowest BCUT2D eigenvalue weighted by molar-refractivity contribution is 0.198. The third-order valence-electron chi connectivity index (χ3n) is 3.94. The van der Waals surface area contributed by atoms with Crippen LogP contribution in [-0.2, 0) is 6.42 Å². The Kier molecular flexibility index (Phi) is 4.26. The van der Waals surface area contributed by atoms with E-state index in [1.54, 1.807) is 24.3 Å². The van der Waals surface area contributed by atoms with Crippen molar-refractivity contribution in [3.05, 3.63) is 52.3 Å². The summed E-state index contributed by atoms with van der Waals surface area (Å²) >= 11 is 3.45. The van der Waals surface area contributed by atoms with Crippen LogP contribution >= 0.6 is 15.9 Å². The molecule has 1 aliphatic rings. The number of ether oxygens (including phenoxy) is 1. The van der Waals surface area contributed by atoms with Gasteiger partial charge in [0.2, 0.25) is 0 Å². The number of anilines is 1. The summed E-state index contributed by atoms with van der Waals surface area (Å²) < 4.78 is 19.7. The van der Waals surface area contributed by atoms with E-state index in [-0.39, 0.29) is 11.9 Å². The number of amides is 1. The molecule has 1 N–H and O–H groups in total. The predicted octanol–water partition coefficient (Wildman–Crippen LogP) is 5.20. The zero-order chi connectivity index (χ0) is 16.6.